The molecule has 1 N–H and O–H groups in total. The van der Waals surface area contributed by atoms with Gasteiger partial charge in [-0.1, -0.05) is 11.6 Å². The van der Waals surface area contributed by atoms with E-state index in [4.69, 9.17) is 25.5 Å². The van der Waals surface area contributed by atoms with Crippen molar-refractivity contribution in [3.8, 4) is 5.75 Å². The zero-order chi connectivity index (χ0) is 19.4. The first kappa shape index (κ1) is 19.7. The van der Waals surface area contributed by atoms with Crippen LogP contribution in [0.15, 0.2) is 21.3 Å². The van der Waals surface area contributed by atoms with Gasteiger partial charge < -0.3 is 19.2 Å². The molecule has 1 saturated heterocycles. The Balaban J connectivity index is 1.70. The van der Waals surface area contributed by atoms with Gasteiger partial charge in [-0.2, -0.15) is 0 Å². The van der Waals surface area contributed by atoms with E-state index in [1.165, 1.54) is 7.11 Å². The summed E-state index contributed by atoms with van der Waals surface area (Å²) < 4.78 is 15.8. The van der Waals surface area contributed by atoms with Gasteiger partial charge in [0.2, 0.25) is 5.91 Å². The maximum Gasteiger partial charge on any atom is 0.340 e. The zero-order valence-electron chi connectivity index (χ0n) is 15.5. The van der Waals surface area contributed by atoms with Gasteiger partial charge in [-0.3, -0.25) is 9.69 Å². The number of rotatable bonds is 6. The van der Waals surface area contributed by atoms with E-state index in [0.717, 1.165) is 32.8 Å². The van der Waals surface area contributed by atoms with Crippen LogP contribution < -0.4 is 15.7 Å². The topological polar surface area (TPSA) is 81.0 Å². The predicted octanol–water partition coefficient (Wildman–Crippen LogP) is 1.75. The van der Waals surface area contributed by atoms with Gasteiger partial charge in [0, 0.05) is 37.6 Å². The Hall–Kier alpha value is -2.09. The van der Waals surface area contributed by atoms with Gasteiger partial charge in [0.05, 0.1) is 37.3 Å². The molecule has 1 aromatic heterocycles. The van der Waals surface area contributed by atoms with Crippen LogP contribution in [0.1, 0.15) is 11.1 Å². The molecule has 1 aromatic carbocycles. The molecule has 27 heavy (non-hydrogen) atoms. The largest absolute Gasteiger partial charge is 0.495 e. The van der Waals surface area contributed by atoms with Gasteiger partial charge in [0.25, 0.3) is 0 Å². The molecule has 0 unspecified atom stereocenters. The molecule has 0 atom stereocenters. The Bertz CT molecular complexity index is 890. The molecule has 8 heteroatoms. The highest BCUT2D eigenvalue weighted by atomic mass is 35.5. The molecule has 0 spiro atoms. The first-order chi connectivity index (χ1) is 13.0. The summed E-state index contributed by atoms with van der Waals surface area (Å²) in [6.45, 7) is 6.26. The van der Waals surface area contributed by atoms with Crippen molar-refractivity contribution in [3.05, 3.63) is 38.7 Å². The van der Waals surface area contributed by atoms with Crippen LogP contribution in [0, 0.1) is 6.92 Å². The van der Waals surface area contributed by atoms with Crippen LogP contribution in [0.3, 0.4) is 0 Å². The normalized spacial score (nSPS) is 15.1. The molecular formula is C19H23ClN2O5. The summed E-state index contributed by atoms with van der Waals surface area (Å²) in [7, 11) is 1.49. The van der Waals surface area contributed by atoms with E-state index in [-0.39, 0.29) is 12.3 Å². The second-order valence-electron chi connectivity index (χ2n) is 6.46. The van der Waals surface area contributed by atoms with E-state index in [1.54, 1.807) is 19.1 Å². The molecule has 0 radical (unpaired) electrons. The average molecular weight is 395 g/mol. The lowest BCUT2D eigenvalue weighted by molar-refractivity contribution is -0.120. The maximum absolute atomic E-state index is 12.4. The summed E-state index contributed by atoms with van der Waals surface area (Å²) in [4.78, 5) is 26.9. The van der Waals surface area contributed by atoms with E-state index in [1.807, 2.05) is 0 Å². The SMILES string of the molecule is COc1cc2oc(=O)c(CC(=O)NCCN3CCOCC3)c(C)c2cc1Cl. The molecular weight excluding hydrogens is 372 g/mol. The fraction of sp³-hybridized carbons (Fsp3) is 0.474. The molecule has 7 nitrogen and oxygen atoms in total. The van der Waals surface area contributed by atoms with Crippen LogP contribution in [0.5, 0.6) is 5.75 Å². The predicted molar refractivity (Wildman–Crippen MR) is 103 cm³/mol. The van der Waals surface area contributed by atoms with Crippen molar-refractivity contribution in [1.82, 2.24) is 10.2 Å². The fourth-order valence-electron chi connectivity index (χ4n) is 3.15. The lowest BCUT2D eigenvalue weighted by Crippen LogP contribution is -2.41. The monoisotopic (exact) mass is 394 g/mol. The Kier molecular flexibility index (Phi) is 6.36. The smallest absolute Gasteiger partial charge is 0.340 e. The standard InChI is InChI=1S/C19H23ClN2O5/c1-12-13-9-15(20)17(25-2)11-16(13)27-19(24)14(12)10-18(23)21-3-4-22-5-7-26-8-6-22/h9,11H,3-8,10H2,1-2H3,(H,21,23). The number of ether oxygens (including phenoxy) is 2. The number of nitrogens with zero attached hydrogens (tertiary/aromatic N) is 1. The molecule has 1 amide bonds. The van der Waals surface area contributed by atoms with Crippen molar-refractivity contribution >= 4 is 28.5 Å². The van der Waals surface area contributed by atoms with Gasteiger partial charge in [-0.15, -0.1) is 0 Å². The van der Waals surface area contributed by atoms with Crippen LogP contribution in [-0.2, 0) is 16.0 Å². The molecule has 0 saturated carbocycles. The molecule has 0 bridgehead atoms. The van der Waals surface area contributed by atoms with E-state index >= 15 is 0 Å². The highest BCUT2D eigenvalue weighted by Crippen LogP contribution is 2.31. The third-order valence-electron chi connectivity index (χ3n) is 4.75. The summed E-state index contributed by atoms with van der Waals surface area (Å²) in [6, 6.07) is 3.27. The highest BCUT2D eigenvalue weighted by molar-refractivity contribution is 6.32. The second kappa shape index (κ2) is 8.73. The number of benzene rings is 1. The minimum atomic E-state index is -0.521. The van der Waals surface area contributed by atoms with Crippen LogP contribution in [0.4, 0.5) is 0 Å². The first-order valence-electron chi connectivity index (χ1n) is 8.86. The van der Waals surface area contributed by atoms with Gasteiger partial charge >= 0.3 is 5.63 Å². The number of nitrogens with one attached hydrogen (secondary N) is 1. The Morgan fingerprint density at radius 2 is 2.07 bits per heavy atom. The van der Waals surface area contributed by atoms with Crippen LogP contribution >= 0.6 is 11.6 Å². The van der Waals surface area contributed by atoms with Gasteiger partial charge in [0.1, 0.15) is 11.3 Å². The Labute approximate surface area is 162 Å². The first-order valence-corrected chi connectivity index (χ1v) is 9.24. The van der Waals surface area contributed by atoms with E-state index < -0.39 is 5.63 Å². The van der Waals surface area contributed by atoms with Crippen molar-refractivity contribution in [3.63, 3.8) is 0 Å². The van der Waals surface area contributed by atoms with Crippen LogP contribution in [0.2, 0.25) is 5.02 Å². The summed E-state index contributed by atoms with van der Waals surface area (Å²) >= 11 is 6.18. The number of halogens is 1. The zero-order valence-corrected chi connectivity index (χ0v) is 16.2. The minimum Gasteiger partial charge on any atom is -0.495 e. The third kappa shape index (κ3) is 4.61. The number of carbonyl (C=O) groups excluding carboxylic acids is 1. The quantitative estimate of drug-likeness (QED) is 0.752. The van der Waals surface area contributed by atoms with Crippen molar-refractivity contribution in [2.45, 2.75) is 13.3 Å². The molecule has 2 heterocycles. The molecule has 2 aromatic rings. The van der Waals surface area contributed by atoms with Crippen LogP contribution in [0.25, 0.3) is 11.0 Å². The molecule has 3 rings (SSSR count). The van der Waals surface area contributed by atoms with E-state index in [0.29, 0.717) is 39.4 Å². The maximum atomic E-state index is 12.4. The summed E-state index contributed by atoms with van der Waals surface area (Å²) in [6.07, 6.45) is -0.0309. The fourth-order valence-corrected chi connectivity index (χ4v) is 3.39. The van der Waals surface area contributed by atoms with E-state index in [9.17, 15) is 9.59 Å². The molecule has 1 fully saturated rings. The lowest BCUT2D eigenvalue weighted by Gasteiger charge is -2.26. The number of aryl methyl sites for hydroxylation is 1. The van der Waals surface area contributed by atoms with Crippen molar-refractivity contribution in [1.29, 1.82) is 0 Å². The molecule has 0 aliphatic carbocycles. The van der Waals surface area contributed by atoms with Crippen molar-refractivity contribution in [2.24, 2.45) is 0 Å². The number of hydrogen-bond acceptors (Lipinski definition) is 6. The average Bonchev–Trinajstić information content (AvgIpc) is 2.66. The van der Waals surface area contributed by atoms with Crippen molar-refractivity contribution in [2.75, 3.05) is 46.5 Å². The number of carbonyl (C=O) groups is 1. The summed E-state index contributed by atoms with van der Waals surface area (Å²) in [5.74, 6) is 0.220. The Morgan fingerprint density at radius 1 is 1.33 bits per heavy atom. The minimum absolute atomic E-state index is 0.0309. The highest BCUT2D eigenvalue weighted by Gasteiger charge is 2.17. The van der Waals surface area contributed by atoms with Gasteiger partial charge in [-0.05, 0) is 18.6 Å². The molecule has 1 aliphatic heterocycles. The molecule has 146 valence electrons. The second-order valence-corrected chi connectivity index (χ2v) is 6.86. The van der Waals surface area contributed by atoms with Crippen molar-refractivity contribution < 1.29 is 18.7 Å². The molecule has 1 aliphatic rings. The van der Waals surface area contributed by atoms with Gasteiger partial charge in [-0.25, -0.2) is 4.79 Å². The third-order valence-corrected chi connectivity index (χ3v) is 5.05. The van der Waals surface area contributed by atoms with E-state index in [2.05, 4.69) is 10.2 Å². The van der Waals surface area contributed by atoms with Gasteiger partial charge in [0.15, 0.2) is 0 Å². The summed E-state index contributed by atoms with van der Waals surface area (Å²) in [5.41, 5.74) is 0.893. The number of methoxy groups -OCH3 is 1. The number of fused-ring (bicyclic) bond motifs is 1. The number of hydrogen-bond donors (Lipinski definition) is 1. The number of amides is 1. The van der Waals surface area contributed by atoms with Crippen LogP contribution in [-0.4, -0.2) is 57.3 Å². The summed E-state index contributed by atoms with van der Waals surface area (Å²) in [5, 5.41) is 3.97. The Morgan fingerprint density at radius 3 is 2.78 bits per heavy atom. The lowest BCUT2D eigenvalue weighted by atomic mass is 10.0. The number of morpholine rings is 1.